The van der Waals surface area contributed by atoms with Crippen LogP contribution >= 0.6 is 12.5 Å². The lowest BCUT2D eigenvalue weighted by molar-refractivity contribution is -0.156. The monoisotopic (exact) mass is 577 g/mol. The number of thiol groups is 1. The molecule has 3 rings (SSSR count). The summed E-state index contributed by atoms with van der Waals surface area (Å²) in [5, 5.41) is 4.96. The Hall–Kier alpha value is -3.10. The highest BCUT2D eigenvalue weighted by molar-refractivity contribution is 8.03. The van der Waals surface area contributed by atoms with Crippen LogP contribution in [0.15, 0.2) is 18.2 Å². The van der Waals surface area contributed by atoms with Crippen LogP contribution in [-0.4, -0.2) is 92.8 Å². The van der Waals surface area contributed by atoms with E-state index >= 15 is 0 Å². The van der Waals surface area contributed by atoms with Gasteiger partial charge in [0.1, 0.15) is 17.4 Å². The summed E-state index contributed by atoms with van der Waals surface area (Å²) in [5.74, 6) is -1.43. The highest BCUT2D eigenvalue weighted by Crippen LogP contribution is 2.33. The van der Waals surface area contributed by atoms with Gasteiger partial charge in [0.25, 0.3) is 11.8 Å². The Bertz CT molecular complexity index is 1060. The van der Waals surface area contributed by atoms with Crippen LogP contribution in [0, 0.1) is 0 Å². The number of piperidine rings is 1. The number of fused-ring (bicyclic) bond motifs is 1. The molecule has 2 aliphatic heterocycles. The molecule has 0 spiro atoms. The van der Waals surface area contributed by atoms with Crippen molar-refractivity contribution >= 4 is 49.2 Å². The highest BCUT2D eigenvalue weighted by atomic mass is 32.1. The van der Waals surface area contributed by atoms with E-state index in [1.54, 1.807) is 39.0 Å². The van der Waals surface area contributed by atoms with Crippen LogP contribution in [-0.2, 0) is 39.9 Å². The normalized spacial score (nSPS) is 16.4. The first-order chi connectivity index (χ1) is 19.0. The predicted molar refractivity (Wildman–Crippen MR) is 148 cm³/mol. The van der Waals surface area contributed by atoms with Crippen LogP contribution in [0.2, 0.25) is 0 Å². The third kappa shape index (κ3) is 10.5. The maximum atomic E-state index is 12.9. The van der Waals surface area contributed by atoms with E-state index in [-0.39, 0.29) is 75.9 Å². The summed E-state index contributed by atoms with van der Waals surface area (Å²) in [6.45, 7) is 6.74. The van der Waals surface area contributed by atoms with E-state index in [1.165, 1.54) is 4.90 Å². The van der Waals surface area contributed by atoms with E-state index < -0.39 is 17.6 Å². The minimum atomic E-state index is -0.723. The average Bonchev–Trinajstić information content (AvgIpc) is 3.23. The van der Waals surface area contributed by atoms with Crippen molar-refractivity contribution in [2.45, 2.75) is 58.2 Å². The van der Waals surface area contributed by atoms with Crippen LogP contribution in [0.25, 0.3) is 0 Å². The molecule has 2 heterocycles. The van der Waals surface area contributed by atoms with Gasteiger partial charge in [-0.1, -0.05) is 6.07 Å². The first kappa shape index (κ1) is 33.1. The lowest BCUT2D eigenvalue weighted by Gasteiger charge is -2.29. The van der Waals surface area contributed by atoms with Crippen LogP contribution < -0.4 is 15.4 Å². The van der Waals surface area contributed by atoms with Crippen LogP contribution in [0.1, 0.15) is 56.0 Å². The van der Waals surface area contributed by atoms with Gasteiger partial charge in [-0.2, -0.15) is 0 Å². The number of nitrogens with zero attached hydrogens (tertiary/aromatic N) is 1. The van der Waals surface area contributed by atoms with Crippen molar-refractivity contribution in [2.24, 2.45) is 0 Å². The molecule has 1 aromatic carbocycles. The molecule has 218 valence electrons. The predicted octanol–water partition coefficient (Wildman–Crippen LogP) is 0.707. The maximum Gasteiger partial charge on any atom is 0.308 e. The minimum absolute atomic E-state index is 0.159. The number of carbonyl (C=O) groups excluding carboxylic acids is 5. The summed E-state index contributed by atoms with van der Waals surface area (Å²) >= 11 is 3.03. The third-order valence-corrected chi connectivity index (χ3v) is 5.71. The number of rotatable bonds is 13. The molecule has 2 aliphatic rings. The number of ether oxygens (including phenoxy) is 4. The number of carbonyl (C=O) groups is 5. The van der Waals surface area contributed by atoms with Gasteiger partial charge in [0.15, 0.2) is 13.7 Å². The van der Waals surface area contributed by atoms with Crippen molar-refractivity contribution in [3.8, 4) is 5.75 Å². The summed E-state index contributed by atoms with van der Waals surface area (Å²) < 4.78 is 21.6. The van der Waals surface area contributed by atoms with Gasteiger partial charge >= 0.3 is 5.97 Å². The SMILES string of the molecule is CC(C)(C)OC(=O)CCOCCOCCNC(=O)COc1cccc2c1CN(C1CCC(=O)NC1=O)C2=O.[B]S. The van der Waals surface area contributed by atoms with Crippen molar-refractivity contribution in [3.63, 3.8) is 0 Å². The number of benzene rings is 1. The molecule has 1 atom stereocenters. The lowest BCUT2D eigenvalue weighted by Crippen LogP contribution is -2.52. The van der Waals surface area contributed by atoms with E-state index in [0.717, 1.165) is 0 Å². The summed E-state index contributed by atoms with van der Waals surface area (Å²) in [7, 11) is 4.19. The molecule has 0 saturated carbocycles. The lowest BCUT2D eigenvalue weighted by atomic mass is 10.0. The van der Waals surface area contributed by atoms with E-state index in [0.29, 0.717) is 30.1 Å². The van der Waals surface area contributed by atoms with E-state index in [9.17, 15) is 24.0 Å². The Labute approximate surface area is 240 Å². The molecule has 40 heavy (non-hydrogen) atoms. The minimum Gasteiger partial charge on any atom is -0.483 e. The molecular formula is C26H36BN3O9S. The van der Waals surface area contributed by atoms with Crippen molar-refractivity contribution < 1.29 is 42.9 Å². The molecule has 0 aliphatic carbocycles. The van der Waals surface area contributed by atoms with Crippen molar-refractivity contribution in [1.82, 2.24) is 15.5 Å². The fourth-order valence-corrected chi connectivity index (χ4v) is 4.02. The average molecular weight is 577 g/mol. The smallest absolute Gasteiger partial charge is 0.308 e. The first-order valence-corrected chi connectivity index (χ1v) is 13.4. The van der Waals surface area contributed by atoms with Crippen molar-refractivity contribution in [1.29, 1.82) is 0 Å². The molecule has 1 unspecified atom stereocenters. The van der Waals surface area contributed by atoms with Crippen LogP contribution in [0.3, 0.4) is 0 Å². The van der Waals surface area contributed by atoms with Gasteiger partial charge in [-0.15, -0.1) is 0 Å². The van der Waals surface area contributed by atoms with Gasteiger partial charge in [0.05, 0.1) is 39.4 Å². The van der Waals surface area contributed by atoms with Crippen molar-refractivity contribution in [2.75, 3.05) is 39.6 Å². The topological polar surface area (TPSA) is 150 Å². The molecule has 2 N–H and O–H groups in total. The number of hydrogen-bond acceptors (Lipinski definition) is 10. The van der Waals surface area contributed by atoms with Gasteiger partial charge in [-0.05, 0) is 39.3 Å². The van der Waals surface area contributed by atoms with E-state index in [4.69, 9.17) is 18.9 Å². The van der Waals surface area contributed by atoms with Gasteiger partial charge < -0.3 is 29.2 Å². The Morgan fingerprint density at radius 3 is 2.48 bits per heavy atom. The first-order valence-electron chi connectivity index (χ1n) is 12.8. The number of hydrogen-bond donors (Lipinski definition) is 3. The molecule has 14 heteroatoms. The molecule has 12 nitrogen and oxygen atoms in total. The standard InChI is InChI=1S/C26H35N3O9.BHS/c1-26(2,3)38-23(32)9-11-35-13-14-36-12-10-27-22(31)16-37-20-6-4-5-17-18(20)15-29(25(17)34)19-7-8-21(30)28-24(19)33;1-2/h4-6,19H,7-16H2,1-3H3,(H,27,31)(H,28,30,33);2H. The second kappa shape index (κ2) is 16.2. The molecule has 0 bridgehead atoms. The molecule has 1 saturated heterocycles. The zero-order valence-electron chi connectivity index (χ0n) is 23.0. The van der Waals surface area contributed by atoms with Gasteiger partial charge in [0, 0.05) is 24.1 Å². The molecule has 1 aromatic rings. The second-order valence-electron chi connectivity index (χ2n) is 9.88. The second-order valence-corrected chi connectivity index (χ2v) is 9.88. The number of esters is 1. The Balaban J connectivity index is 0.00000274. The Kier molecular flexibility index (Phi) is 13.4. The zero-order chi connectivity index (χ0) is 29.7. The largest absolute Gasteiger partial charge is 0.483 e. The quantitative estimate of drug-likeness (QED) is 0.101. The van der Waals surface area contributed by atoms with Crippen LogP contribution in [0.4, 0.5) is 0 Å². The van der Waals surface area contributed by atoms with E-state index in [1.807, 2.05) is 0 Å². The maximum absolute atomic E-state index is 12.9. The summed E-state index contributed by atoms with van der Waals surface area (Å²) in [5.41, 5.74) is 0.494. The summed E-state index contributed by atoms with van der Waals surface area (Å²) in [6.07, 6.45) is 0.606. The van der Waals surface area contributed by atoms with Crippen LogP contribution in [0.5, 0.6) is 5.75 Å². The Morgan fingerprint density at radius 1 is 1.10 bits per heavy atom. The Morgan fingerprint density at radius 2 is 1.80 bits per heavy atom. The summed E-state index contributed by atoms with van der Waals surface area (Å²) in [4.78, 5) is 61.7. The molecule has 1 fully saturated rings. The van der Waals surface area contributed by atoms with E-state index in [2.05, 4.69) is 30.2 Å². The molecule has 2 radical (unpaired) electrons. The zero-order valence-corrected chi connectivity index (χ0v) is 23.9. The fourth-order valence-electron chi connectivity index (χ4n) is 4.02. The molecule has 4 amide bonds. The molecule has 0 aromatic heterocycles. The van der Waals surface area contributed by atoms with Gasteiger partial charge in [-0.25, -0.2) is 12.5 Å². The highest BCUT2D eigenvalue weighted by Gasteiger charge is 2.40. The fraction of sp³-hybridized carbons (Fsp3) is 0.577. The summed E-state index contributed by atoms with van der Waals surface area (Å²) in [6, 6.07) is 4.24. The van der Waals surface area contributed by atoms with Crippen molar-refractivity contribution in [3.05, 3.63) is 29.3 Å². The number of amides is 4. The number of nitrogens with one attached hydrogen (secondary N) is 2. The number of imide groups is 1. The van der Waals surface area contributed by atoms with Gasteiger partial charge in [0.2, 0.25) is 11.8 Å². The third-order valence-electron chi connectivity index (χ3n) is 5.71. The van der Waals surface area contributed by atoms with Gasteiger partial charge in [-0.3, -0.25) is 29.3 Å². The molecular weight excluding hydrogens is 541 g/mol.